The van der Waals surface area contributed by atoms with E-state index in [1.54, 1.807) is 0 Å². The number of carbonyl (C=O) groups excluding carboxylic acids is 1. The van der Waals surface area contributed by atoms with Gasteiger partial charge in [0.25, 0.3) is 0 Å². The molecule has 2 aliphatic heterocycles. The fourth-order valence-electron chi connectivity index (χ4n) is 2.63. The van der Waals surface area contributed by atoms with Gasteiger partial charge in [0.15, 0.2) is 0 Å². The van der Waals surface area contributed by atoms with Crippen molar-refractivity contribution in [3.63, 3.8) is 0 Å². The Morgan fingerprint density at radius 1 is 1.29 bits per heavy atom. The molecule has 0 radical (unpaired) electrons. The lowest BCUT2D eigenvalue weighted by Gasteiger charge is -2.22. The van der Waals surface area contributed by atoms with Crippen molar-refractivity contribution in [3.05, 3.63) is 0 Å². The molecular formula is C13H24N2OS. The van der Waals surface area contributed by atoms with Gasteiger partial charge in [0.05, 0.1) is 0 Å². The van der Waals surface area contributed by atoms with Crippen molar-refractivity contribution in [3.8, 4) is 0 Å². The summed E-state index contributed by atoms with van der Waals surface area (Å²) in [6, 6.07) is 0. The Kier molecular flexibility index (Phi) is 5.65. The molecule has 0 aliphatic carbocycles. The standard InChI is InChI=1S/C13H24N2OS/c16-13(15-10-12-2-1-9-17-12)4-3-11-5-7-14-8-6-11/h11-12,14H,1-10H2,(H,15,16). The van der Waals surface area contributed by atoms with E-state index in [2.05, 4.69) is 10.6 Å². The predicted molar refractivity (Wildman–Crippen MR) is 73.3 cm³/mol. The van der Waals surface area contributed by atoms with Gasteiger partial charge in [0, 0.05) is 18.2 Å². The molecule has 1 amide bonds. The summed E-state index contributed by atoms with van der Waals surface area (Å²) in [4.78, 5) is 11.7. The molecule has 4 heteroatoms. The Morgan fingerprint density at radius 2 is 2.12 bits per heavy atom. The minimum absolute atomic E-state index is 0.260. The molecule has 0 saturated carbocycles. The van der Waals surface area contributed by atoms with Gasteiger partial charge in [-0.3, -0.25) is 4.79 Å². The van der Waals surface area contributed by atoms with Crippen molar-refractivity contribution in [2.24, 2.45) is 5.92 Å². The smallest absolute Gasteiger partial charge is 0.220 e. The van der Waals surface area contributed by atoms with Crippen molar-refractivity contribution in [2.75, 3.05) is 25.4 Å². The number of carbonyl (C=O) groups is 1. The Morgan fingerprint density at radius 3 is 2.82 bits per heavy atom. The SMILES string of the molecule is O=C(CCC1CCNCC1)NCC1CCCS1. The van der Waals surface area contributed by atoms with Gasteiger partial charge in [0.2, 0.25) is 5.91 Å². The molecule has 0 aromatic heterocycles. The van der Waals surface area contributed by atoms with Crippen LogP contribution in [0.15, 0.2) is 0 Å². The maximum absolute atomic E-state index is 11.7. The average Bonchev–Trinajstić information content (AvgIpc) is 2.88. The van der Waals surface area contributed by atoms with Crippen LogP contribution in [0.4, 0.5) is 0 Å². The van der Waals surface area contributed by atoms with Gasteiger partial charge in [-0.2, -0.15) is 11.8 Å². The first-order chi connectivity index (χ1) is 8.34. The highest BCUT2D eigenvalue weighted by atomic mass is 32.2. The summed E-state index contributed by atoms with van der Waals surface area (Å²) in [7, 11) is 0. The second-order valence-electron chi connectivity index (χ2n) is 5.17. The fraction of sp³-hybridized carbons (Fsp3) is 0.923. The molecule has 2 N–H and O–H groups in total. The number of thioether (sulfide) groups is 1. The average molecular weight is 256 g/mol. The first kappa shape index (κ1) is 13.2. The van der Waals surface area contributed by atoms with Crippen LogP contribution in [0.2, 0.25) is 0 Å². The molecule has 17 heavy (non-hydrogen) atoms. The van der Waals surface area contributed by atoms with Crippen molar-refractivity contribution < 1.29 is 4.79 Å². The highest BCUT2D eigenvalue weighted by Crippen LogP contribution is 2.25. The molecule has 0 bridgehead atoms. The largest absolute Gasteiger partial charge is 0.355 e. The third kappa shape index (κ3) is 4.88. The molecule has 0 aromatic carbocycles. The van der Waals surface area contributed by atoms with E-state index < -0.39 is 0 Å². The maximum Gasteiger partial charge on any atom is 0.220 e. The van der Waals surface area contributed by atoms with E-state index >= 15 is 0 Å². The zero-order valence-corrected chi connectivity index (χ0v) is 11.4. The lowest BCUT2D eigenvalue weighted by Crippen LogP contribution is -2.31. The topological polar surface area (TPSA) is 41.1 Å². The molecule has 2 aliphatic rings. The molecule has 1 unspecified atom stereocenters. The van der Waals surface area contributed by atoms with Gasteiger partial charge in [-0.15, -0.1) is 0 Å². The quantitative estimate of drug-likeness (QED) is 0.788. The highest BCUT2D eigenvalue weighted by Gasteiger charge is 2.17. The number of nitrogens with one attached hydrogen (secondary N) is 2. The summed E-state index contributed by atoms with van der Waals surface area (Å²) in [6.45, 7) is 3.14. The number of amides is 1. The van der Waals surface area contributed by atoms with Crippen LogP contribution in [0, 0.1) is 5.92 Å². The molecule has 2 saturated heterocycles. The van der Waals surface area contributed by atoms with E-state index in [1.807, 2.05) is 11.8 Å². The lowest BCUT2D eigenvalue weighted by molar-refractivity contribution is -0.121. The second kappa shape index (κ2) is 7.27. The summed E-state index contributed by atoms with van der Waals surface area (Å²) in [6.07, 6.45) is 6.88. The molecule has 2 rings (SSSR count). The monoisotopic (exact) mass is 256 g/mol. The fourth-order valence-corrected chi connectivity index (χ4v) is 3.83. The Labute approximate surface area is 108 Å². The van der Waals surface area contributed by atoms with Gasteiger partial charge in [-0.05, 0) is 56.9 Å². The Hall–Kier alpha value is -0.220. The minimum Gasteiger partial charge on any atom is -0.355 e. The van der Waals surface area contributed by atoms with E-state index in [0.29, 0.717) is 5.25 Å². The van der Waals surface area contributed by atoms with E-state index in [0.717, 1.165) is 38.4 Å². The third-order valence-electron chi connectivity index (χ3n) is 3.79. The van der Waals surface area contributed by atoms with Crippen molar-refractivity contribution in [1.29, 1.82) is 0 Å². The van der Waals surface area contributed by atoms with Crippen LogP contribution in [-0.2, 0) is 4.79 Å². The molecule has 1 atom stereocenters. The molecule has 2 fully saturated rings. The van der Waals surface area contributed by atoms with E-state index in [9.17, 15) is 4.79 Å². The summed E-state index contributed by atoms with van der Waals surface area (Å²) in [5.41, 5.74) is 0. The zero-order valence-electron chi connectivity index (χ0n) is 10.5. The lowest BCUT2D eigenvalue weighted by atomic mass is 9.93. The molecule has 0 aromatic rings. The van der Waals surface area contributed by atoms with E-state index in [4.69, 9.17) is 0 Å². The number of rotatable bonds is 5. The number of piperidine rings is 1. The summed E-state index contributed by atoms with van der Waals surface area (Å²) in [5.74, 6) is 2.30. The molecule has 3 nitrogen and oxygen atoms in total. The number of hydrogen-bond acceptors (Lipinski definition) is 3. The van der Waals surface area contributed by atoms with Crippen LogP contribution in [0.3, 0.4) is 0 Å². The van der Waals surface area contributed by atoms with E-state index in [-0.39, 0.29) is 5.91 Å². The van der Waals surface area contributed by atoms with Crippen molar-refractivity contribution >= 4 is 17.7 Å². The van der Waals surface area contributed by atoms with Crippen molar-refractivity contribution in [1.82, 2.24) is 10.6 Å². The van der Waals surface area contributed by atoms with Crippen LogP contribution in [0.5, 0.6) is 0 Å². The van der Waals surface area contributed by atoms with Gasteiger partial charge in [-0.25, -0.2) is 0 Å². The normalized spacial score (nSPS) is 26.0. The van der Waals surface area contributed by atoms with Gasteiger partial charge >= 0.3 is 0 Å². The zero-order chi connectivity index (χ0) is 11.9. The molecular weight excluding hydrogens is 232 g/mol. The maximum atomic E-state index is 11.7. The summed E-state index contributed by atoms with van der Waals surface area (Å²) in [5, 5.41) is 7.13. The molecule has 98 valence electrons. The van der Waals surface area contributed by atoms with Crippen LogP contribution in [0.25, 0.3) is 0 Å². The van der Waals surface area contributed by atoms with Gasteiger partial charge in [-0.1, -0.05) is 0 Å². The Bertz CT molecular complexity index is 236. The van der Waals surface area contributed by atoms with Crippen LogP contribution >= 0.6 is 11.8 Å². The second-order valence-corrected chi connectivity index (χ2v) is 6.58. The molecule has 0 spiro atoms. The Balaban J connectivity index is 1.53. The third-order valence-corrected chi connectivity index (χ3v) is 5.19. The van der Waals surface area contributed by atoms with Crippen LogP contribution < -0.4 is 10.6 Å². The minimum atomic E-state index is 0.260. The highest BCUT2D eigenvalue weighted by molar-refractivity contribution is 8.00. The van der Waals surface area contributed by atoms with Crippen molar-refractivity contribution in [2.45, 2.75) is 43.8 Å². The van der Waals surface area contributed by atoms with Crippen LogP contribution in [0.1, 0.15) is 38.5 Å². The molecule has 2 heterocycles. The van der Waals surface area contributed by atoms with Crippen LogP contribution in [-0.4, -0.2) is 36.5 Å². The van der Waals surface area contributed by atoms with Gasteiger partial charge < -0.3 is 10.6 Å². The summed E-state index contributed by atoms with van der Waals surface area (Å²) < 4.78 is 0. The van der Waals surface area contributed by atoms with E-state index in [1.165, 1.54) is 31.4 Å². The number of hydrogen-bond donors (Lipinski definition) is 2. The van der Waals surface area contributed by atoms with Gasteiger partial charge in [0.1, 0.15) is 0 Å². The summed E-state index contributed by atoms with van der Waals surface area (Å²) >= 11 is 2.01. The first-order valence-electron chi connectivity index (χ1n) is 6.93. The predicted octanol–water partition coefficient (Wildman–Crippen LogP) is 1.78. The first-order valence-corrected chi connectivity index (χ1v) is 7.98.